The predicted octanol–water partition coefficient (Wildman–Crippen LogP) is 4.04. The Hall–Kier alpha value is -3.52. The normalized spacial score (nSPS) is 17.4. The maximum absolute atomic E-state index is 13.2. The minimum absolute atomic E-state index is 0.0402. The maximum atomic E-state index is 13.2. The van der Waals surface area contributed by atoms with Gasteiger partial charge < -0.3 is 29.3 Å². The number of aromatic hydroxyl groups is 1. The van der Waals surface area contributed by atoms with E-state index in [1.165, 1.54) is 17.0 Å². The van der Waals surface area contributed by atoms with Crippen molar-refractivity contribution in [3.63, 3.8) is 0 Å². The molecule has 2 N–H and O–H groups in total. The number of ether oxygens (including phenoxy) is 3. The number of likely N-dealkylation sites (tertiary alicyclic amines) is 1. The van der Waals surface area contributed by atoms with Crippen molar-refractivity contribution in [2.75, 3.05) is 26.4 Å². The highest BCUT2D eigenvalue weighted by atomic mass is 16.5. The highest BCUT2D eigenvalue weighted by Crippen LogP contribution is 2.41. The zero-order valence-electron chi connectivity index (χ0n) is 19.9. The molecule has 0 aliphatic carbocycles. The Morgan fingerprint density at radius 2 is 1.71 bits per heavy atom. The van der Waals surface area contributed by atoms with Crippen LogP contribution >= 0.6 is 0 Å². The Labute approximate surface area is 199 Å². The summed E-state index contributed by atoms with van der Waals surface area (Å²) in [5, 5.41) is 21.1. The largest absolute Gasteiger partial charge is 0.508 e. The topological polar surface area (TPSA) is 106 Å². The van der Waals surface area contributed by atoms with Crippen molar-refractivity contribution in [1.82, 2.24) is 4.90 Å². The highest BCUT2D eigenvalue weighted by Gasteiger charge is 2.46. The zero-order chi connectivity index (χ0) is 24.8. The summed E-state index contributed by atoms with van der Waals surface area (Å²) < 4.78 is 16.8. The number of Topliss-reactive ketones (excluding diaryl/α,β-unsaturated/α-hetero) is 1. The molecule has 0 saturated carbocycles. The van der Waals surface area contributed by atoms with E-state index in [1.807, 2.05) is 20.8 Å². The number of rotatable bonds is 10. The number of aliphatic hydroxyl groups is 1. The summed E-state index contributed by atoms with van der Waals surface area (Å²) in [5.41, 5.74) is 0.808. The van der Waals surface area contributed by atoms with Gasteiger partial charge in [0.15, 0.2) is 0 Å². The van der Waals surface area contributed by atoms with Crippen molar-refractivity contribution in [3.05, 3.63) is 59.2 Å². The molecule has 0 radical (unpaired) electrons. The third-order valence-corrected chi connectivity index (χ3v) is 5.35. The van der Waals surface area contributed by atoms with Gasteiger partial charge in [-0.15, -0.1) is 0 Å². The van der Waals surface area contributed by atoms with Crippen molar-refractivity contribution in [1.29, 1.82) is 0 Å². The van der Waals surface area contributed by atoms with E-state index in [1.54, 1.807) is 37.3 Å². The second-order valence-corrected chi connectivity index (χ2v) is 8.03. The molecule has 8 nitrogen and oxygen atoms in total. The number of carbonyl (C=O) groups is 2. The average Bonchev–Trinajstić information content (AvgIpc) is 3.05. The van der Waals surface area contributed by atoms with E-state index in [2.05, 4.69) is 0 Å². The fourth-order valence-corrected chi connectivity index (χ4v) is 3.88. The first kappa shape index (κ1) is 25.1. The molecule has 1 saturated heterocycles. The van der Waals surface area contributed by atoms with E-state index in [4.69, 9.17) is 14.2 Å². The summed E-state index contributed by atoms with van der Waals surface area (Å²) in [6, 6.07) is 10.3. The van der Waals surface area contributed by atoms with Crippen molar-refractivity contribution >= 4 is 17.4 Å². The number of nitrogens with zero attached hydrogens (tertiary/aromatic N) is 1. The summed E-state index contributed by atoms with van der Waals surface area (Å²) >= 11 is 0. The lowest BCUT2D eigenvalue weighted by Gasteiger charge is -2.26. The summed E-state index contributed by atoms with van der Waals surface area (Å²) in [6.45, 7) is 8.61. The van der Waals surface area contributed by atoms with Crippen molar-refractivity contribution in [2.24, 2.45) is 0 Å². The molecule has 0 aromatic heterocycles. The maximum Gasteiger partial charge on any atom is 0.295 e. The summed E-state index contributed by atoms with van der Waals surface area (Å²) in [6.07, 6.45) is -0.0402. The van der Waals surface area contributed by atoms with Gasteiger partial charge in [-0.05, 0) is 57.5 Å². The van der Waals surface area contributed by atoms with E-state index in [9.17, 15) is 19.8 Å². The molecule has 1 heterocycles. The summed E-state index contributed by atoms with van der Waals surface area (Å²) in [5.74, 6) is -0.912. The molecule has 2 aromatic carbocycles. The molecule has 8 heteroatoms. The number of hydrogen-bond acceptors (Lipinski definition) is 7. The lowest BCUT2D eigenvalue weighted by atomic mass is 9.95. The second kappa shape index (κ2) is 11.1. The molecule has 1 aliphatic rings. The van der Waals surface area contributed by atoms with Crippen LogP contribution in [0.3, 0.4) is 0 Å². The Bertz CT molecular complexity index is 1060. The van der Waals surface area contributed by atoms with Crippen LogP contribution in [0.2, 0.25) is 0 Å². The molecule has 1 unspecified atom stereocenters. The van der Waals surface area contributed by atoms with Crippen LogP contribution in [0.4, 0.5) is 0 Å². The molecule has 0 spiro atoms. The van der Waals surface area contributed by atoms with Gasteiger partial charge in [0.25, 0.3) is 11.7 Å². The first-order chi connectivity index (χ1) is 16.3. The lowest BCUT2D eigenvalue weighted by Crippen LogP contribution is -2.33. The number of aliphatic hydroxyl groups excluding tert-OH is 1. The molecule has 3 rings (SSSR count). The molecule has 1 amide bonds. The molecule has 1 aliphatic heterocycles. The Kier molecular flexibility index (Phi) is 8.17. The fraction of sp³-hybridized carbons (Fsp3) is 0.385. The molecule has 2 aromatic rings. The van der Waals surface area contributed by atoms with Crippen LogP contribution in [0.5, 0.6) is 17.2 Å². The quantitative estimate of drug-likeness (QED) is 0.307. The van der Waals surface area contributed by atoms with Gasteiger partial charge in [0.2, 0.25) is 0 Å². The lowest BCUT2D eigenvalue weighted by molar-refractivity contribution is -0.140. The zero-order valence-corrected chi connectivity index (χ0v) is 19.9. The smallest absolute Gasteiger partial charge is 0.295 e. The first-order valence-corrected chi connectivity index (χ1v) is 11.4. The van der Waals surface area contributed by atoms with Crippen LogP contribution in [0, 0.1) is 0 Å². The van der Waals surface area contributed by atoms with Crippen LogP contribution in [0.25, 0.3) is 5.76 Å². The van der Waals surface area contributed by atoms with Crippen LogP contribution in [0.15, 0.2) is 48.0 Å². The van der Waals surface area contributed by atoms with Gasteiger partial charge >= 0.3 is 0 Å². The van der Waals surface area contributed by atoms with Gasteiger partial charge in [0.1, 0.15) is 23.0 Å². The third kappa shape index (κ3) is 5.34. The van der Waals surface area contributed by atoms with E-state index < -0.39 is 17.7 Å². The second-order valence-electron chi connectivity index (χ2n) is 8.03. The Morgan fingerprint density at radius 3 is 2.32 bits per heavy atom. The Balaban J connectivity index is 2.13. The standard InChI is InChI=1S/C26H31NO7/c1-5-32-19-11-12-20(21(15-19)33-6-2)24(29)22-23(17-7-9-18(28)10-8-17)27(26(31)25(22)30)13-14-34-16(3)4/h7-12,15-16,23,28-29H,5-6,13-14H2,1-4H3/b24-22-. The van der Waals surface area contributed by atoms with Gasteiger partial charge in [-0.25, -0.2) is 0 Å². The summed E-state index contributed by atoms with van der Waals surface area (Å²) in [4.78, 5) is 27.5. The van der Waals surface area contributed by atoms with Gasteiger partial charge in [0.05, 0.1) is 43.1 Å². The SMILES string of the molecule is CCOc1ccc(/C(O)=C2/C(=O)C(=O)N(CCOC(C)C)C2c2ccc(O)cc2)c(OCC)c1. The number of ketones is 1. The molecule has 0 bridgehead atoms. The molecular formula is C26H31NO7. The molecule has 1 fully saturated rings. The Morgan fingerprint density at radius 1 is 1.03 bits per heavy atom. The van der Waals surface area contributed by atoms with Gasteiger partial charge in [-0.3, -0.25) is 9.59 Å². The fourth-order valence-electron chi connectivity index (χ4n) is 3.88. The van der Waals surface area contributed by atoms with Gasteiger partial charge in [-0.2, -0.15) is 0 Å². The van der Waals surface area contributed by atoms with Gasteiger partial charge in [-0.1, -0.05) is 12.1 Å². The number of carbonyl (C=O) groups excluding carboxylic acids is 2. The number of phenols is 1. The van der Waals surface area contributed by atoms with Crippen molar-refractivity contribution < 1.29 is 34.0 Å². The van der Waals surface area contributed by atoms with Crippen LogP contribution in [0.1, 0.15) is 44.9 Å². The van der Waals surface area contributed by atoms with Crippen LogP contribution < -0.4 is 9.47 Å². The number of phenolic OH excluding ortho intramolecular Hbond substituents is 1. The first-order valence-electron chi connectivity index (χ1n) is 11.4. The van der Waals surface area contributed by atoms with E-state index in [0.29, 0.717) is 30.3 Å². The van der Waals surface area contributed by atoms with E-state index in [-0.39, 0.29) is 41.9 Å². The molecule has 1 atom stereocenters. The van der Waals surface area contributed by atoms with Crippen molar-refractivity contribution in [3.8, 4) is 17.2 Å². The third-order valence-electron chi connectivity index (χ3n) is 5.35. The van der Waals surface area contributed by atoms with Crippen molar-refractivity contribution in [2.45, 2.75) is 39.8 Å². The number of hydrogen-bond donors (Lipinski definition) is 2. The molecule has 182 valence electrons. The number of amides is 1. The molecule has 34 heavy (non-hydrogen) atoms. The summed E-state index contributed by atoms with van der Waals surface area (Å²) in [7, 11) is 0. The predicted molar refractivity (Wildman–Crippen MR) is 127 cm³/mol. The van der Waals surface area contributed by atoms with Crippen LogP contribution in [-0.2, 0) is 14.3 Å². The minimum atomic E-state index is -0.850. The number of benzene rings is 2. The highest BCUT2D eigenvalue weighted by molar-refractivity contribution is 6.46. The molecular weight excluding hydrogens is 438 g/mol. The monoisotopic (exact) mass is 469 g/mol. The van der Waals surface area contributed by atoms with E-state index in [0.717, 1.165) is 0 Å². The van der Waals surface area contributed by atoms with Crippen LogP contribution in [-0.4, -0.2) is 59.3 Å². The average molecular weight is 470 g/mol. The van der Waals surface area contributed by atoms with Gasteiger partial charge in [0, 0.05) is 12.6 Å². The van der Waals surface area contributed by atoms with E-state index >= 15 is 0 Å². The minimum Gasteiger partial charge on any atom is -0.508 e.